The molecule has 42 heavy (non-hydrogen) atoms. The molecular weight excluding hydrogens is 609 g/mol. The van der Waals surface area contributed by atoms with Crippen LogP contribution in [0.25, 0.3) is 0 Å². The molecule has 0 saturated carbocycles. The molecule has 3 atom stereocenters. The Bertz CT molecular complexity index is 928. The van der Waals surface area contributed by atoms with Crippen molar-refractivity contribution in [3.8, 4) is 0 Å². The van der Waals surface area contributed by atoms with E-state index >= 15 is 0 Å². The minimum absolute atomic E-state index is 0.0351. The third-order valence-electron chi connectivity index (χ3n) is 6.16. The molecule has 0 aromatic rings. The topological polar surface area (TPSA) is 125 Å². The van der Waals surface area contributed by atoms with E-state index in [0.717, 1.165) is 11.8 Å². The van der Waals surface area contributed by atoms with Gasteiger partial charge in [0.25, 0.3) is 0 Å². The maximum atomic E-state index is 13.5. The molecule has 0 aromatic heterocycles. The maximum absolute atomic E-state index is 13.5. The zero-order chi connectivity index (χ0) is 33.2. The zero-order valence-electron chi connectivity index (χ0n) is 24.1. The predicted octanol–water partition coefficient (Wildman–Crippen LogP) is 4.57. The second-order valence-electron chi connectivity index (χ2n) is 10.5. The number of methoxy groups -OCH3 is 1. The number of aliphatic hydroxyl groups excluding tert-OH is 1. The van der Waals surface area contributed by atoms with E-state index in [0.29, 0.717) is 5.75 Å². The SMILES string of the molecule is CCC(C)(CC(C)(C)C(=O)OCC(O)COC(=O)CSCC(C)C(=O)OC)C(=O)OCCC(F)(F)C(F)(F)C(F)(F)F. The van der Waals surface area contributed by atoms with Crippen molar-refractivity contribution < 1.29 is 74.0 Å². The van der Waals surface area contributed by atoms with Gasteiger partial charge in [0.15, 0.2) is 0 Å². The van der Waals surface area contributed by atoms with Crippen LogP contribution >= 0.6 is 11.8 Å². The number of rotatable bonds is 18. The Morgan fingerprint density at radius 3 is 1.93 bits per heavy atom. The number of aliphatic hydroxyl groups is 1. The summed E-state index contributed by atoms with van der Waals surface area (Å²) in [6.07, 6.45) is -10.4. The molecule has 9 nitrogen and oxygen atoms in total. The van der Waals surface area contributed by atoms with Crippen molar-refractivity contribution in [3.05, 3.63) is 0 Å². The van der Waals surface area contributed by atoms with Crippen LogP contribution in [0.4, 0.5) is 30.7 Å². The third kappa shape index (κ3) is 11.8. The van der Waals surface area contributed by atoms with E-state index in [2.05, 4.69) is 9.47 Å². The number of halogens is 7. The first-order valence-electron chi connectivity index (χ1n) is 12.6. The summed E-state index contributed by atoms with van der Waals surface area (Å²) in [5.74, 6) is -15.4. The lowest BCUT2D eigenvalue weighted by Crippen LogP contribution is -2.52. The molecule has 0 bridgehead atoms. The Labute approximate surface area is 243 Å². The average molecular weight is 647 g/mol. The molecule has 0 aliphatic rings. The molecule has 0 saturated heterocycles. The van der Waals surface area contributed by atoms with Gasteiger partial charge in [0.1, 0.15) is 19.3 Å². The normalized spacial score (nSPS) is 15.7. The standard InChI is InChI=1S/C25H37F7O9S/c1-7-22(5,20(37)39-9-8-23(26,27)24(28,29)25(30,31)32)14-21(3,4)19(36)41-11-16(33)10-40-17(34)13-42-12-15(2)18(35)38-6/h15-16,33H,7-14H2,1-6H3. The molecule has 0 rings (SSSR count). The van der Waals surface area contributed by atoms with Gasteiger partial charge in [-0.2, -0.15) is 30.7 Å². The summed E-state index contributed by atoms with van der Waals surface area (Å²) in [6, 6.07) is 0. The molecule has 0 fully saturated rings. The highest BCUT2D eigenvalue weighted by atomic mass is 32.2. The molecule has 0 spiro atoms. The van der Waals surface area contributed by atoms with E-state index in [1.807, 2.05) is 0 Å². The lowest BCUT2D eigenvalue weighted by molar-refractivity contribution is -0.356. The van der Waals surface area contributed by atoms with Crippen molar-refractivity contribution >= 4 is 35.6 Å². The molecule has 0 radical (unpaired) electrons. The van der Waals surface area contributed by atoms with Gasteiger partial charge in [0.2, 0.25) is 0 Å². The summed E-state index contributed by atoms with van der Waals surface area (Å²) in [7, 11) is 1.23. The van der Waals surface area contributed by atoms with Crippen LogP contribution in [0.15, 0.2) is 0 Å². The van der Waals surface area contributed by atoms with Crippen LogP contribution in [0.5, 0.6) is 0 Å². The zero-order valence-corrected chi connectivity index (χ0v) is 24.9. The third-order valence-corrected chi connectivity index (χ3v) is 7.33. The smallest absolute Gasteiger partial charge is 0.459 e. The molecule has 0 heterocycles. The molecule has 0 aromatic carbocycles. The molecular formula is C25H37F7O9S. The molecule has 17 heteroatoms. The van der Waals surface area contributed by atoms with E-state index in [1.54, 1.807) is 6.92 Å². The summed E-state index contributed by atoms with van der Waals surface area (Å²) in [5, 5.41) is 9.99. The first kappa shape index (κ1) is 39.7. The van der Waals surface area contributed by atoms with Crippen LogP contribution in [0, 0.1) is 16.7 Å². The van der Waals surface area contributed by atoms with Crippen LogP contribution in [-0.4, -0.2) is 91.5 Å². The Kier molecular flexibility index (Phi) is 15.1. The lowest BCUT2D eigenvalue weighted by Gasteiger charge is -2.34. The number of alkyl halides is 7. The van der Waals surface area contributed by atoms with Crippen LogP contribution in [-0.2, 0) is 38.1 Å². The van der Waals surface area contributed by atoms with Gasteiger partial charge in [-0.05, 0) is 33.6 Å². The van der Waals surface area contributed by atoms with Gasteiger partial charge in [-0.15, -0.1) is 11.8 Å². The average Bonchev–Trinajstić information content (AvgIpc) is 2.88. The van der Waals surface area contributed by atoms with Crippen molar-refractivity contribution in [1.82, 2.24) is 0 Å². The Balaban J connectivity index is 4.85. The van der Waals surface area contributed by atoms with Gasteiger partial charge < -0.3 is 24.1 Å². The van der Waals surface area contributed by atoms with Gasteiger partial charge in [-0.3, -0.25) is 19.2 Å². The fourth-order valence-electron chi connectivity index (χ4n) is 3.43. The van der Waals surface area contributed by atoms with Gasteiger partial charge >= 0.3 is 41.9 Å². The first-order chi connectivity index (χ1) is 19.0. The molecule has 1 N–H and O–H groups in total. The number of hydrogen-bond donors (Lipinski definition) is 1. The van der Waals surface area contributed by atoms with Crippen LogP contribution < -0.4 is 0 Å². The Hall–Kier alpha value is -2.30. The fourth-order valence-corrected chi connectivity index (χ4v) is 4.29. The minimum atomic E-state index is -6.51. The fraction of sp³-hybridized carbons (Fsp3) is 0.840. The molecule has 3 unspecified atom stereocenters. The Morgan fingerprint density at radius 1 is 0.881 bits per heavy atom. The Morgan fingerprint density at radius 2 is 1.43 bits per heavy atom. The summed E-state index contributed by atoms with van der Waals surface area (Å²) in [4.78, 5) is 48.3. The quantitative estimate of drug-likeness (QED) is 0.129. The number of esters is 4. The van der Waals surface area contributed by atoms with E-state index in [1.165, 1.54) is 34.8 Å². The van der Waals surface area contributed by atoms with E-state index in [4.69, 9.17) is 9.47 Å². The van der Waals surface area contributed by atoms with E-state index in [-0.39, 0.29) is 18.6 Å². The number of hydrogen-bond acceptors (Lipinski definition) is 10. The van der Waals surface area contributed by atoms with Crippen molar-refractivity contribution in [2.24, 2.45) is 16.7 Å². The second-order valence-corrected chi connectivity index (χ2v) is 11.5. The predicted molar refractivity (Wildman–Crippen MR) is 135 cm³/mol. The van der Waals surface area contributed by atoms with Gasteiger partial charge in [-0.25, -0.2) is 0 Å². The highest BCUT2D eigenvalue weighted by Crippen LogP contribution is 2.48. The van der Waals surface area contributed by atoms with Gasteiger partial charge in [0, 0.05) is 5.75 Å². The number of thioether (sulfide) groups is 1. The summed E-state index contributed by atoms with van der Waals surface area (Å²) in [5.41, 5.74) is -3.00. The first-order valence-corrected chi connectivity index (χ1v) is 13.8. The van der Waals surface area contributed by atoms with Crippen molar-refractivity contribution in [2.75, 3.05) is 38.4 Å². The summed E-state index contributed by atoms with van der Waals surface area (Å²) in [6.45, 7) is 4.53. The van der Waals surface area contributed by atoms with Gasteiger partial charge in [0.05, 0.1) is 42.6 Å². The van der Waals surface area contributed by atoms with E-state index in [9.17, 15) is 55.0 Å². The van der Waals surface area contributed by atoms with Gasteiger partial charge in [-0.1, -0.05) is 13.8 Å². The van der Waals surface area contributed by atoms with Crippen molar-refractivity contribution in [3.63, 3.8) is 0 Å². The summed E-state index contributed by atoms with van der Waals surface area (Å²) < 4.78 is 109. The highest BCUT2D eigenvalue weighted by molar-refractivity contribution is 7.99. The largest absolute Gasteiger partial charge is 0.469 e. The highest BCUT2D eigenvalue weighted by Gasteiger charge is 2.72. The number of carbonyl (C=O) groups is 4. The van der Waals surface area contributed by atoms with Crippen LogP contribution in [0.2, 0.25) is 0 Å². The molecule has 0 aliphatic heterocycles. The number of carbonyl (C=O) groups excluding carboxylic acids is 4. The van der Waals surface area contributed by atoms with Crippen molar-refractivity contribution in [1.29, 1.82) is 0 Å². The monoisotopic (exact) mass is 646 g/mol. The van der Waals surface area contributed by atoms with Crippen LogP contribution in [0.1, 0.15) is 53.9 Å². The second kappa shape index (κ2) is 16.0. The molecule has 0 aliphatic carbocycles. The lowest BCUT2D eigenvalue weighted by atomic mass is 9.72. The molecule has 246 valence electrons. The minimum Gasteiger partial charge on any atom is -0.469 e. The van der Waals surface area contributed by atoms with E-state index < -0.39 is 91.0 Å². The maximum Gasteiger partial charge on any atom is 0.459 e. The van der Waals surface area contributed by atoms with Crippen molar-refractivity contribution in [2.45, 2.75) is 78.0 Å². The van der Waals surface area contributed by atoms with Crippen LogP contribution in [0.3, 0.4) is 0 Å². The summed E-state index contributed by atoms with van der Waals surface area (Å²) >= 11 is 1.11. The number of ether oxygens (including phenoxy) is 4. The molecule has 0 amide bonds.